The van der Waals surface area contributed by atoms with Gasteiger partial charge in [-0.05, 0) is 88.8 Å². The molecule has 2 aliphatic heterocycles. The van der Waals surface area contributed by atoms with E-state index in [2.05, 4.69) is 29.7 Å². The third-order valence-corrected chi connectivity index (χ3v) is 10.0. The number of aromatic amines is 1. The molecule has 2 aliphatic carbocycles. The number of piperidine rings is 1. The zero-order valence-corrected chi connectivity index (χ0v) is 22.1. The van der Waals surface area contributed by atoms with E-state index in [0.717, 1.165) is 36.8 Å². The normalized spacial score (nSPS) is 28.4. The maximum absolute atomic E-state index is 5.59. The van der Waals surface area contributed by atoms with Gasteiger partial charge in [0, 0.05) is 37.6 Å². The molecule has 2 saturated heterocycles. The van der Waals surface area contributed by atoms with Crippen molar-refractivity contribution in [2.75, 3.05) is 32.7 Å². The van der Waals surface area contributed by atoms with Crippen molar-refractivity contribution in [1.82, 2.24) is 29.7 Å². The van der Waals surface area contributed by atoms with E-state index >= 15 is 0 Å². The predicted molar refractivity (Wildman–Crippen MR) is 141 cm³/mol. The maximum atomic E-state index is 5.59. The lowest BCUT2D eigenvalue weighted by Crippen LogP contribution is -2.47. The maximum Gasteiger partial charge on any atom is 0.208 e. The molecule has 1 spiro atoms. The summed E-state index contributed by atoms with van der Waals surface area (Å²) in [7, 11) is 0. The molecule has 0 amide bonds. The van der Waals surface area contributed by atoms with Crippen LogP contribution in [-0.4, -0.2) is 74.5 Å². The Kier molecular flexibility index (Phi) is 7.77. The predicted octanol–water partition coefficient (Wildman–Crippen LogP) is 5.08. The van der Waals surface area contributed by atoms with Crippen LogP contribution in [0.4, 0.5) is 0 Å². The van der Waals surface area contributed by atoms with Gasteiger partial charge in [-0.1, -0.05) is 19.3 Å². The zero-order chi connectivity index (χ0) is 24.2. The third kappa shape index (κ3) is 5.89. The lowest BCUT2D eigenvalue weighted by molar-refractivity contribution is 0.0586. The summed E-state index contributed by atoms with van der Waals surface area (Å²) in [6, 6.07) is 1.48. The monoisotopic (exact) mass is 494 g/mol. The molecule has 4 aliphatic rings. The highest BCUT2D eigenvalue weighted by Gasteiger charge is 2.42. The molecule has 0 bridgehead atoms. The first-order valence-electron chi connectivity index (χ1n) is 14.8. The fourth-order valence-electron chi connectivity index (χ4n) is 7.85. The van der Waals surface area contributed by atoms with Crippen LogP contribution in [0.25, 0.3) is 0 Å². The molecule has 4 heterocycles. The highest BCUT2D eigenvalue weighted by atomic mass is 16.3. The second-order valence-electron chi connectivity index (χ2n) is 12.4. The third-order valence-electron chi connectivity index (χ3n) is 10.0. The van der Waals surface area contributed by atoms with Gasteiger partial charge in [-0.15, -0.1) is 0 Å². The number of likely N-dealkylation sites (tertiary alicyclic amines) is 2. The summed E-state index contributed by atoms with van der Waals surface area (Å²) in [5.41, 5.74) is 0.623. The Balaban J connectivity index is 0.968. The van der Waals surface area contributed by atoms with Crippen LogP contribution in [0.15, 0.2) is 29.3 Å². The van der Waals surface area contributed by atoms with E-state index in [4.69, 9.17) is 4.42 Å². The molecule has 2 saturated carbocycles. The molecule has 0 radical (unpaired) electrons. The van der Waals surface area contributed by atoms with Crippen LogP contribution in [-0.2, 0) is 13.1 Å². The van der Waals surface area contributed by atoms with Gasteiger partial charge in [0.2, 0.25) is 5.89 Å². The van der Waals surface area contributed by atoms with E-state index in [1.54, 1.807) is 12.5 Å². The van der Waals surface area contributed by atoms with Gasteiger partial charge in [-0.25, -0.2) is 9.97 Å². The Hall–Kier alpha value is -1.70. The number of H-pyrrole nitrogens is 1. The Labute approximate surface area is 217 Å². The van der Waals surface area contributed by atoms with Gasteiger partial charge in [0.25, 0.3) is 0 Å². The number of nitrogens with one attached hydrogen (secondary N) is 1. The van der Waals surface area contributed by atoms with Crippen molar-refractivity contribution in [2.45, 2.75) is 102 Å². The zero-order valence-electron chi connectivity index (χ0n) is 22.1. The number of hydrogen-bond donors (Lipinski definition) is 1. The molecule has 4 fully saturated rings. The van der Waals surface area contributed by atoms with Crippen LogP contribution in [0.5, 0.6) is 0 Å². The van der Waals surface area contributed by atoms with E-state index < -0.39 is 0 Å². The molecule has 1 N–H and O–H groups in total. The highest BCUT2D eigenvalue weighted by molar-refractivity contribution is 4.97. The van der Waals surface area contributed by atoms with Crippen LogP contribution < -0.4 is 0 Å². The lowest BCUT2D eigenvalue weighted by Gasteiger charge is -2.44. The largest absolute Gasteiger partial charge is 0.448 e. The minimum Gasteiger partial charge on any atom is -0.448 e. The highest BCUT2D eigenvalue weighted by Crippen LogP contribution is 2.42. The fourth-order valence-corrected chi connectivity index (χ4v) is 7.85. The first-order chi connectivity index (χ1) is 17.7. The van der Waals surface area contributed by atoms with E-state index in [1.807, 2.05) is 12.4 Å². The molecule has 2 aromatic heterocycles. The van der Waals surface area contributed by atoms with Crippen LogP contribution in [0, 0.1) is 11.3 Å². The van der Waals surface area contributed by atoms with Gasteiger partial charge in [-0.2, -0.15) is 0 Å². The van der Waals surface area contributed by atoms with Crippen molar-refractivity contribution in [2.24, 2.45) is 11.3 Å². The second-order valence-corrected chi connectivity index (χ2v) is 12.4. The lowest BCUT2D eigenvalue weighted by atomic mass is 9.77. The van der Waals surface area contributed by atoms with Gasteiger partial charge in [0.05, 0.1) is 19.3 Å². The van der Waals surface area contributed by atoms with Gasteiger partial charge >= 0.3 is 0 Å². The summed E-state index contributed by atoms with van der Waals surface area (Å²) >= 11 is 0. The van der Waals surface area contributed by atoms with E-state index in [0.29, 0.717) is 11.5 Å². The summed E-state index contributed by atoms with van der Waals surface area (Å²) in [6.45, 7) is 8.32. The fraction of sp³-hybridized carbons (Fsp3) is 0.793. The topological polar surface area (TPSA) is 64.4 Å². The Morgan fingerprint density at radius 1 is 0.917 bits per heavy atom. The van der Waals surface area contributed by atoms with Crippen molar-refractivity contribution in [3.63, 3.8) is 0 Å². The number of imidazole rings is 1. The van der Waals surface area contributed by atoms with Gasteiger partial charge in [0.15, 0.2) is 0 Å². The first-order valence-corrected chi connectivity index (χ1v) is 14.8. The SMILES string of the molecule is c1c[nH]c(CN(Cc2ncco2)C2CCC(CN3CCC4(CCN(C5CCCCC5)CC4)C3)CC2)n1. The van der Waals surface area contributed by atoms with Crippen LogP contribution in [0.3, 0.4) is 0 Å². The number of oxazole rings is 1. The molecule has 198 valence electrons. The molecular formula is C29H46N6O. The Morgan fingerprint density at radius 3 is 2.44 bits per heavy atom. The van der Waals surface area contributed by atoms with Crippen molar-refractivity contribution >= 4 is 0 Å². The molecule has 7 heteroatoms. The molecule has 0 unspecified atom stereocenters. The minimum absolute atomic E-state index is 0.576. The summed E-state index contributed by atoms with van der Waals surface area (Å²) in [5.74, 6) is 2.69. The first kappa shape index (κ1) is 24.6. The summed E-state index contributed by atoms with van der Waals surface area (Å²) in [6.07, 6.45) is 24.0. The average Bonchev–Trinajstić information content (AvgIpc) is 3.69. The number of rotatable bonds is 8. The summed E-state index contributed by atoms with van der Waals surface area (Å²) in [4.78, 5) is 20.4. The molecule has 6 rings (SSSR count). The Morgan fingerprint density at radius 2 is 1.72 bits per heavy atom. The number of nitrogens with zero attached hydrogens (tertiary/aromatic N) is 5. The summed E-state index contributed by atoms with van der Waals surface area (Å²) < 4.78 is 5.59. The van der Waals surface area contributed by atoms with E-state index in [9.17, 15) is 0 Å². The van der Waals surface area contributed by atoms with Crippen molar-refractivity contribution in [1.29, 1.82) is 0 Å². The van der Waals surface area contributed by atoms with Crippen LogP contribution in [0.1, 0.15) is 88.8 Å². The van der Waals surface area contributed by atoms with Gasteiger partial charge in [-0.3, -0.25) is 4.90 Å². The van der Waals surface area contributed by atoms with Crippen LogP contribution >= 0.6 is 0 Å². The molecular weight excluding hydrogens is 448 g/mol. The van der Waals surface area contributed by atoms with E-state index in [1.165, 1.54) is 110 Å². The smallest absolute Gasteiger partial charge is 0.208 e. The Bertz CT molecular complexity index is 856. The van der Waals surface area contributed by atoms with Crippen molar-refractivity contribution < 1.29 is 4.42 Å². The molecule has 7 nitrogen and oxygen atoms in total. The van der Waals surface area contributed by atoms with Crippen molar-refractivity contribution in [3.8, 4) is 0 Å². The van der Waals surface area contributed by atoms with Crippen molar-refractivity contribution in [3.05, 3.63) is 36.6 Å². The quantitative estimate of drug-likeness (QED) is 0.552. The van der Waals surface area contributed by atoms with Gasteiger partial charge < -0.3 is 19.2 Å². The molecule has 2 aromatic rings. The minimum atomic E-state index is 0.576. The molecule has 0 atom stereocenters. The van der Waals surface area contributed by atoms with Gasteiger partial charge in [0.1, 0.15) is 12.1 Å². The van der Waals surface area contributed by atoms with Crippen LogP contribution in [0.2, 0.25) is 0 Å². The number of hydrogen-bond acceptors (Lipinski definition) is 6. The molecule has 36 heavy (non-hydrogen) atoms. The van der Waals surface area contributed by atoms with E-state index in [-0.39, 0.29) is 0 Å². The second kappa shape index (κ2) is 11.4. The summed E-state index contributed by atoms with van der Waals surface area (Å²) in [5, 5.41) is 0. The average molecular weight is 495 g/mol. The number of aromatic nitrogens is 3. The molecule has 0 aromatic carbocycles. The standard InChI is InChI=1S/C29H46N6O/c1-2-4-25(5-3-1)34-17-11-29(12-18-34)10-16-33(23-29)20-24-6-8-26(9-7-24)35(21-27-30-13-14-31-27)22-28-32-15-19-36-28/h13-15,19,24-26H,1-12,16-18,20-23H2,(H,30,31).